The maximum atomic E-state index is 13.5. The lowest BCUT2D eigenvalue weighted by molar-refractivity contribution is -0.308. The van der Waals surface area contributed by atoms with Crippen LogP contribution in [0.15, 0.2) is 58.5 Å². The number of ketones is 1. The van der Waals surface area contributed by atoms with E-state index < -0.39 is 61.4 Å². The van der Waals surface area contributed by atoms with Gasteiger partial charge in [0.2, 0.25) is 0 Å². The number of thioether (sulfide) groups is 1. The third-order valence-electron chi connectivity index (χ3n) is 9.42. The summed E-state index contributed by atoms with van der Waals surface area (Å²) in [6, 6.07) is 0. The topological polar surface area (TPSA) is 174 Å². The normalized spacial score (nSPS) is 39.0. The maximum absolute atomic E-state index is 13.5. The second-order valence-corrected chi connectivity index (χ2v) is 14.5. The van der Waals surface area contributed by atoms with E-state index in [1.165, 1.54) is 0 Å². The summed E-state index contributed by atoms with van der Waals surface area (Å²) >= 11 is 8.55. The van der Waals surface area contributed by atoms with Crippen LogP contribution >= 0.6 is 23.4 Å². The zero-order chi connectivity index (χ0) is 32.9. The number of halogens is 1. The van der Waals surface area contributed by atoms with Crippen LogP contribution in [0.5, 0.6) is 0 Å². The second kappa shape index (κ2) is 15.4. The first-order valence-corrected chi connectivity index (χ1v) is 16.7. The molecule has 4 rings (SSSR count). The summed E-state index contributed by atoms with van der Waals surface area (Å²) in [5, 5.41) is 60.7. The van der Waals surface area contributed by atoms with Gasteiger partial charge in [-0.05, 0) is 58.3 Å². The van der Waals surface area contributed by atoms with Gasteiger partial charge in [-0.25, -0.2) is 0 Å². The molecule has 12 heteroatoms. The van der Waals surface area contributed by atoms with Crippen LogP contribution in [-0.2, 0) is 19.1 Å². The summed E-state index contributed by atoms with van der Waals surface area (Å²) in [6.45, 7) is 3.66. The summed E-state index contributed by atoms with van der Waals surface area (Å²) in [4.78, 5) is 25.3. The first kappa shape index (κ1) is 36.0. The highest BCUT2D eigenvalue weighted by Crippen LogP contribution is 2.62. The average molecular weight is 669 g/mol. The minimum absolute atomic E-state index is 0.0530. The lowest BCUT2D eigenvalue weighted by Gasteiger charge is -2.40. The molecule has 0 aromatic rings. The van der Waals surface area contributed by atoms with Gasteiger partial charge in [-0.2, -0.15) is 0 Å². The van der Waals surface area contributed by atoms with Gasteiger partial charge in [0, 0.05) is 32.4 Å². The van der Waals surface area contributed by atoms with Crippen LogP contribution in [0.25, 0.3) is 0 Å². The fraction of sp³-hybridized carbons (Fsp3) is 0.636. The van der Waals surface area contributed by atoms with Crippen molar-refractivity contribution >= 4 is 35.1 Å². The zero-order valence-electron chi connectivity index (χ0n) is 25.6. The van der Waals surface area contributed by atoms with Gasteiger partial charge in [0.05, 0.1) is 12.7 Å². The molecule has 45 heavy (non-hydrogen) atoms. The number of allylic oxidation sites excluding steroid dienone is 8. The zero-order valence-corrected chi connectivity index (χ0v) is 27.1. The van der Waals surface area contributed by atoms with Crippen LogP contribution < -0.4 is 0 Å². The lowest BCUT2D eigenvalue weighted by atomic mass is 9.74. The predicted octanol–water partition coefficient (Wildman–Crippen LogP) is 3.36. The summed E-state index contributed by atoms with van der Waals surface area (Å²) in [5.74, 6) is -1.93. The van der Waals surface area contributed by atoms with Crippen molar-refractivity contribution in [3.8, 4) is 0 Å². The molecule has 1 saturated heterocycles. The number of hydrogen-bond acceptors (Lipinski definition) is 10. The number of aliphatic hydroxyl groups excluding tert-OH is 5. The van der Waals surface area contributed by atoms with Crippen molar-refractivity contribution in [2.75, 3.05) is 6.61 Å². The Bertz CT molecular complexity index is 1230. The molecular formula is C33H45ClO10S. The Balaban J connectivity index is 1.41. The molecule has 0 aromatic heterocycles. The van der Waals surface area contributed by atoms with Gasteiger partial charge in [-0.3, -0.25) is 9.59 Å². The molecule has 0 aromatic carbocycles. The van der Waals surface area contributed by atoms with Gasteiger partial charge in [0.1, 0.15) is 30.5 Å². The van der Waals surface area contributed by atoms with Crippen molar-refractivity contribution < 1.29 is 49.7 Å². The van der Waals surface area contributed by atoms with E-state index in [0.29, 0.717) is 32.1 Å². The maximum Gasteiger partial charge on any atom is 0.303 e. The summed E-state index contributed by atoms with van der Waals surface area (Å²) < 4.78 is 11.1. The van der Waals surface area contributed by atoms with Crippen molar-refractivity contribution in [2.24, 2.45) is 17.3 Å². The molecule has 0 bridgehead atoms. The van der Waals surface area contributed by atoms with Gasteiger partial charge in [-0.15, -0.1) is 11.8 Å². The number of aliphatic carboxylic acids is 1. The minimum Gasteiger partial charge on any atom is -0.481 e. The molecule has 2 aliphatic carbocycles. The monoisotopic (exact) mass is 668 g/mol. The Labute approximate surface area is 273 Å². The molecule has 11 atom stereocenters. The van der Waals surface area contributed by atoms with E-state index in [-0.39, 0.29) is 34.7 Å². The highest BCUT2D eigenvalue weighted by molar-refractivity contribution is 8.05. The molecular weight excluding hydrogens is 624 g/mol. The minimum atomic E-state index is -1.63. The molecule has 10 nitrogen and oxygen atoms in total. The number of hydrogen-bond donors (Lipinski definition) is 6. The van der Waals surface area contributed by atoms with Gasteiger partial charge in [-0.1, -0.05) is 60.2 Å². The molecule has 0 spiro atoms. The number of fused-ring (bicyclic) bond motifs is 1. The molecule has 250 valence electrons. The van der Waals surface area contributed by atoms with E-state index in [1.807, 2.05) is 30.4 Å². The van der Waals surface area contributed by atoms with E-state index >= 15 is 0 Å². The number of carboxylic acids is 1. The first-order valence-electron chi connectivity index (χ1n) is 15.5. The highest BCUT2D eigenvalue weighted by Gasteiger charge is 2.52. The van der Waals surface area contributed by atoms with Crippen molar-refractivity contribution in [2.45, 2.75) is 106 Å². The van der Waals surface area contributed by atoms with E-state index in [2.05, 4.69) is 26.0 Å². The Hall–Kier alpha value is -1.80. The third kappa shape index (κ3) is 8.02. The van der Waals surface area contributed by atoms with Crippen molar-refractivity contribution in [3.05, 3.63) is 58.5 Å². The lowest BCUT2D eigenvalue weighted by Crippen LogP contribution is -2.59. The van der Waals surface area contributed by atoms with Crippen molar-refractivity contribution in [3.63, 3.8) is 0 Å². The van der Waals surface area contributed by atoms with Gasteiger partial charge in [0.15, 0.2) is 12.1 Å². The molecule has 4 aliphatic rings. The smallest absolute Gasteiger partial charge is 0.303 e. The second-order valence-electron chi connectivity index (χ2n) is 12.6. The van der Waals surface area contributed by atoms with Crippen LogP contribution in [0.3, 0.4) is 0 Å². The van der Waals surface area contributed by atoms with Gasteiger partial charge in [0.25, 0.3) is 0 Å². The van der Waals surface area contributed by atoms with E-state index in [0.717, 1.165) is 9.94 Å². The van der Waals surface area contributed by atoms with Gasteiger partial charge < -0.3 is 40.1 Å². The SMILES string of the molecule is C[C@@]12C=CC=C[C@]1(C)SC(CCC(O)/C=C/[C@H]1CC(OC3O[C@H](CO)[C@@H](O)[C@H](O)[C@H]3O)C(=O)[C@@H]1C/C=C\CCCC(=O)O)=C2Cl. The first-order chi connectivity index (χ1) is 21.3. The van der Waals surface area contributed by atoms with E-state index in [1.54, 1.807) is 17.8 Å². The van der Waals surface area contributed by atoms with Crippen LogP contribution in [0.4, 0.5) is 0 Å². The van der Waals surface area contributed by atoms with Crippen LogP contribution in [0.2, 0.25) is 0 Å². The molecule has 6 N–H and O–H groups in total. The van der Waals surface area contributed by atoms with E-state index in [4.69, 9.17) is 26.2 Å². The standard InChI is InChI=1S/C33H45ClO10S/c1-32-15-7-8-16-33(32,2)45-24(30(32)34)14-13-20(36)12-11-19-17-22(26(39)21(19)9-5-3-4-6-10-25(37)38)43-31-29(42)28(41)27(40)23(18-35)44-31/h3,5,7-8,11-12,15-16,19-23,27-29,31,35-36,40-42H,4,6,9-10,13-14,17-18H2,1-2H3,(H,37,38)/b5-3-,12-11+/t19-,20?,21+,22?,23+,27+,28-,29+,31?,32-,33-/m0/s1. The quantitative estimate of drug-likeness (QED) is 0.118. The number of carbonyl (C=O) groups excluding carboxylic acids is 1. The number of carboxylic acid groups (broad SMARTS) is 1. The largest absolute Gasteiger partial charge is 0.481 e. The predicted molar refractivity (Wildman–Crippen MR) is 170 cm³/mol. The highest BCUT2D eigenvalue weighted by atomic mass is 35.5. The number of rotatable bonds is 14. The molecule has 0 amide bonds. The van der Waals surface area contributed by atoms with Crippen molar-refractivity contribution in [1.82, 2.24) is 0 Å². The average Bonchev–Trinajstić information content (AvgIpc) is 3.41. The van der Waals surface area contributed by atoms with Crippen LogP contribution in [-0.4, -0.2) is 96.7 Å². The molecule has 0 radical (unpaired) electrons. The number of ether oxygens (including phenoxy) is 2. The molecule has 3 unspecified atom stereocenters. The third-order valence-corrected chi connectivity index (χ3v) is 11.8. The molecule has 2 heterocycles. The Morgan fingerprint density at radius 2 is 1.91 bits per heavy atom. The van der Waals surface area contributed by atoms with Crippen molar-refractivity contribution in [1.29, 1.82) is 0 Å². The van der Waals surface area contributed by atoms with Gasteiger partial charge >= 0.3 is 5.97 Å². The fourth-order valence-corrected chi connectivity index (χ4v) is 8.42. The fourth-order valence-electron chi connectivity index (χ4n) is 6.33. The number of aliphatic hydroxyl groups is 5. The Morgan fingerprint density at radius 3 is 2.60 bits per heavy atom. The molecule has 2 fully saturated rings. The van der Waals surface area contributed by atoms with Crippen LogP contribution in [0, 0.1) is 17.3 Å². The Morgan fingerprint density at radius 1 is 1.18 bits per heavy atom. The summed E-state index contributed by atoms with van der Waals surface area (Å²) in [6.07, 6.45) is 9.02. The number of Topliss-reactive ketones (excluding diaryl/α,β-unsaturated/α-hetero) is 1. The summed E-state index contributed by atoms with van der Waals surface area (Å²) in [7, 11) is 0. The summed E-state index contributed by atoms with van der Waals surface area (Å²) in [5.41, 5.74) is -0.307. The van der Waals surface area contributed by atoms with E-state index in [9.17, 15) is 35.1 Å². The molecule has 2 aliphatic heterocycles. The molecule has 1 saturated carbocycles. The number of unbranched alkanes of at least 4 members (excludes halogenated alkanes) is 1. The Kier molecular flexibility index (Phi) is 12.3. The number of carbonyl (C=O) groups is 2. The van der Waals surface area contributed by atoms with Crippen LogP contribution in [0.1, 0.15) is 58.8 Å².